The Labute approximate surface area is 140 Å². The van der Waals surface area contributed by atoms with E-state index in [1.54, 1.807) is 0 Å². The first kappa shape index (κ1) is 15.2. The van der Waals surface area contributed by atoms with Gasteiger partial charge in [0, 0.05) is 6.07 Å². The molecule has 2 amide bonds. The van der Waals surface area contributed by atoms with E-state index in [4.69, 9.17) is 0 Å². The van der Waals surface area contributed by atoms with Gasteiger partial charge >= 0.3 is 5.69 Å². The Morgan fingerprint density at radius 1 is 1.04 bits per heavy atom. The number of carbonyl (C=O) groups excluding carboxylic acids is 2. The summed E-state index contributed by atoms with van der Waals surface area (Å²) < 4.78 is 0. The molecule has 1 aliphatic heterocycles. The third-order valence-corrected chi connectivity index (χ3v) is 5.10. The first-order valence-corrected chi connectivity index (χ1v) is 7.64. The molecule has 3 aliphatic rings. The third kappa shape index (κ3) is 2.10. The zero-order chi connectivity index (χ0) is 17.9. The summed E-state index contributed by atoms with van der Waals surface area (Å²) in [4.78, 5) is 45.9. The number of nitrogens with zero attached hydrogens (tertiary/aromatic N) is 3. The number of hydrazine groups is 1. The fourth-order valence-electron chi connectivity index (χ4n) is 4.04. The highest BCUT2D eigenvalue weighted by molar-refractivity contribution is 6.06. The number of benzene rings is 1. The molecule has 25 heavy (non-hydrogen) atoms. The van der Waals surface area contributed by atoms with Gasteiger partial charge in [-0.15, -0.1) is 0 Å². The molecule has 4 rings (SSSR count). The van der Waals surface area contributed by atoms with Crippen LogP contribution < -0.4 is 10.4 Å². The molecule has 2 aliphatic carbocycles. The highest BCUT2D eigenvalue weighted by Gasteiger charge is 2.56. The molecule has 1 saturated carbocycles. The van der Waals surface area contributed by atoms with E-state index in [2.05, 4.69) is 5.43 Å². The van der Waals surface area contributed by atoms with Gasteiger partial charge in [-0.05, 0) is 24.3 Å². The third-order valence-electron chi connectivity index (χ3n) is 5.10. The Morgan fingerprint density at radius 3 is 2.36 bits per heavy atom. The average Bonchev–Trinajstić information content (AvgIpc) is 3.19. The zero-order valence-electron chi connectivity index (χ0n) is 12.7. The molecule has 2 bridgehead atoms. The molecule has 1 N–H and O–H groups in total. The quantitative estimate of drug-likeness (QED) is 0.499. The van der Waals surface area contributed by atoms with Crippen LogP contribution in [0.3, 0.4) is 0 Å². The van der Waals surface area contributed by atoms with Crippen LogP contribution in [-0.4, -0.2) is 21.7 Å². The molecular formula is C15H12N4O6. The van der Waals surface area contributed by atoms with Crippen LogP contribution in [0.2, 0.25) is 0 Å². The minimum atomic E-state index is -0.811. The average molecular weight is 344 g/mol. The molecule has 128 valence electrons. The number of carbonyl (C=O) groups is 2. The number of hydrogen-bond donors (Lipinski definition) is 1. The van der Waals surface area contributed by atoms with Crippen molar-refractivity contribution >= 4 is 28.9 Å². The Kier molecular flexibility index (Phi) is 3.11. The van der Waals surface area contributed by atoms with Crippen LogP contribution in [0.15, 0.2) is 30.4 Å². The van der Waals surface area contributed by atoms with Gasteiger partial charge in [0.25, 0.3) is 5.69 Å². The summed E-state index contributed by atoms with van der Waals surface area (Å²) in [6.07, 6.45) is 4.55. The smallest absolute Gasteiger partial charge is 0.273 e. The van der Waals surface area contributed by atoms with Gasteiger partial charge in [0.05, 0.1) is 27.7 Å². The van der Waals surface area contributed by atoms with E-state index in [-0.39, 0.29) is 23.4 Å². The van der Waals surface area contributed by atoms with Crippen LogP contribution in [0.5, 0.6) is 0 Å². The number of nitro benzene ring substituents is 2. The van der Waals surface area contributed by atoms with Crippen LogP contribution in [0.4, 0.5) is 17.1 Å². The number of nitro groups is 2. The Balaban J connectivity index is 1.76. The monoisotopic (exact) mass is 344 g/mol. The lowest BCUT2D eigenvalue weighted by atomic mass is 9.80. The fourth-order valence-corrected chi connectivity index (χ4v) is 4.04. The minimum Gasteiger partial charge on any atom is -0.273 e. The summed E-state index contributed by atoms with van der Waals surface area (Å²) in [5.74, 6) is -1.87. The molecule has 4 atom stereocenters. The van der Waals surface area contributed by atoms with Crippen molar-refractivity contribution < 1.29 is 19.4 Å². The van der Waals surface area contributed by atoms with Crippen molar-refractivity contribution in [3.8, 4) is 0 Å². The highest BCUT2D eigenvalue weighted by Crippen LogP contribution is 2.50. The second-order valence-corrected chi connectivity index (χ2v) is 6.34. The van der Waals surface area contributed by atoms with Gasteiger partial charge in [0.1, 0.15) is 5.69 Å². The largest absolute Gasteiger partial charge is 0.301 e. The fraction of sp³-hybridized carbons (Fsp3) is 0.333. The van der Waals surface area contributed by atoms with Gasteiger partial charge < -0.3 is 0 Å². The summed E-state index contributed by atoms with van der Waals surface area (Å²) in [7, 11) is 0. The Morgan fingerprint density at radius 2 is 1.72 bits per heavy atom. The number of fused-ring (bicyclic) bond motifs is 5. The second kappa shape index (κ2) is 5.10. The Hall–Kier alpha value is -3.30. The predicted molar refractivity (Wildman–Crippen MR) is 83.1 cm³/mol. The number of nitrogens with one attached hydrogen (secondary N) is 1. The maximum Gasteiger partial charge on any atom is 0.301 e. The number of amides is 2. The molecule has 0 spiro atoms. The number of rotatable bonds is 3. The molecule has 1 aromatic carbocycles. The summed E-state index contributed by atoms with van der Waals surface area (Å²) in [5.41, 5.74) is 1.16. The molecule has 0 aromatic heterocycles. The number of non-ortho nitro benzene ring substituents is 1. The summed E-state index contributed by atoms with van der Waals surface area (Å²) >= 11 is 0. The minimum absolute atomic E-state index is 0.00736. The summed E-state index contributed by atoms with van der Waals surface area (Å²) in [6.45, 7) is 0. The van der Waals surface area contributed by atoms with E-state index in [1.807, 2.05) is 12.2 Å². The molecule has 10 heteroatoms. The van der Waals surface area contributed by atoms with Gasteiger partial charge in [0.15, 0.2) is 0 Å². The van der Waals surface area contributed by atoms with Crippen molar-refractivity contribution in [3.63, 3.8) is 0 Å². The van der Waals surface area contributed by atoms with Crippen molar-refractivity contribution in [3.05, 3.63) is 50.6 Å². The molecule has 1 aromatic rings. The maximum atomic E-state index is 12.9. The highest BCUT2D eigenvalue weighted by atomic mass is 16.6. The first-order valence-electron chi connectivity index (χ1n) is 7.64. The Bertz CT molecular complexity index is 866. The summed E-state index contributed by atoms with van der Waals surface area (Å²) in [5, 5.41) is 23.0. The SMILES string of the molecule is O=C1NN(c2ccc([N+](=O)[O-])cc2[N+](=O)[O-])C(=O)[C@H]2[C@H]1[C@H]1C=C[C@H]2C1. The van der Waals surface area contributed by atoms with Crippen molar-refractivity contribution in [1.29, 1.82) is 0 Å². The molecule has 2 fully saturated rings. The lowest BCUT2D eigenvalue weighted by molar-refractivity contribution is -0.393. The normalized spacial score (nSPS) is 29.5. The molecule has 0 radical (unpaired) electrons. The van der Waals surface area contributed by atoms with E-state index in [1.165, 1.54) is 0 Å². The summed E-state index contributed by atoms with van der Waals surface area (Å²) in [6, 6.07) is 2.95. The maximum absolute atomic E-state index is 12.9. The van der Waals surface area contributed by atoms with Crippen LogP contribution >= 0.6 is 0 Å². The predicted octanol–water partition coefficient (Wildman–Crippen LogP) is 1.32. The lowest BCUT2D eigenvalue weighted by Gasteiger charge is -2.37. The zero-order valence-corrected chi connectivity index (χ0v) is 12.7. The molecule has 0 unspecified atom stereocenters. The van der Waals surface area contributed by atoms with Crippen LogP contribution in [-0.2, 0) is 9.59 Å². The van der Waals surface area contributed by atoms with Crippen LogP contribution in [0, 0.1) is 43.9 Å². The molecule has 1 saturated heterocycles. The van der Waals surface area contributed by atoms with Gasteiger partial charge in [-0.2, -0.15) is 0 Å². The van der Waals surface area contributed by atoms with Crippen LogP contribution in [0.25, 0.3) is 0 Å². The van der Waals surface area contributed by atoms with Crippen molar-refractivity contribution in [2.45, 2.75) is 6.42 Å². The topological polar surface area (TPSA) is 136 Å². The van der Waals surface area contributed by atoms with Crippen LogP contribution in [0.1, 0.15) is 6.42 Å². The van der Waals surface area contributed by atoms with Crippen molar-refractivity contribution in [2.24, 2.45) is 23.7 Å². The van der Waals surface area contributed by atoms with Gasteiger partial charge in [-0.25, -0.2) is 5.01 Å². The van der Waals surface area contributed by atoms with Gasteiger partial charge in [-0.1, -0.05) is 12.2 Å². The molecule has 10 nitrogen and oxygen atoms in total. The van der Waals surface area contributed by atoms with Gasteiger partial charge in [0.2, 0.25) is 11.8 Å². The second-order valence-electron chi connectivity index (χ2n) is 6.34. The molecular weight excluding hydrogens is 332 g/mol. The number of allylic oxidation sites excluding steroid dienone is 2. The van der Waals surface area contributed by atoms with E-state index >= 15 is 0 Å². The van der Waals surface area contributed by atoms with E-state index in [0.29, 0.717) is 6.42 Å². The van der Waals surface area contributed by atoms with Gasteiger partial charge in [-0.3, -0.25) is 35.2 Å². The van der Waals surface area contributed by atoms with E-state index in [9.17, 15) is 29.8 Å². The van der Waals surface area contributed by atoms with Crippen molar-refractivity contribution in [1.82, 2.24) is 5.43 Å². The number of anilines is 1. The van der Waals surface area contributed by atoms with E-state index in [0.717, 1.165) is 23.2 Å². The molecule has 1 heterocycles. The van der Waals surface area contributed by atoms with Crippen molar-refractivity contribution in [2.75, 3.05) is 5.01 Å². The van der Waals surface area contributed by atoms with E-state index < -0.39 is 39.0 Å². The lowest BCUT2D eigenvalue weighted by Crippen LogP contribution is -2.60. The number of hydrogen-bond acceptors (Lipinski definition) is 6. The first-order chi connectivity index (χ1) is 11.9. The standard InChI is InChI=1S/C15H12N4O6/c20-14-12-7-1-2-8(5-7)13(12)15(21)17(16-14)10-4-3-9(18(22)23)6-11(10)19(24)25/h1-4,6-8,12-13H,5H2,(H,16,20)/t7-,8-,12+,13+/m0/s1.